The summed E-state index contributed by atoms with van der Waals surface area (Å²) in [7, 11) is 1.55. The van der Waals surface area contributed by atoms with E-state index in [1.165, 1.54) is 0 Å². The number of carbonyl (C=O) groups excluding carboxylic acids is 1. The number of aliphatic hydroxyl groups excluding tert-OH is 1. The molecule has 3 atom stereocenters. The average molecular weight is 666 g/mol. The molecule has 0 saturated heterocycles. The largest absolute Gasteiger partial charge is 0.472 e. The first-order valence-electron chi connectivity index (χ1n) is 17.3. The van der Waals surface area contributed by atoms with Gasteiger partial charge in [0.15, 0.2) is 0 Å². The molecule has 264 valence electrons. The van der Waals surface area contributed by atoms with Gasteiger partial charge in [0.1, 0.15) is 13.2 Å². The second kappa shape index (κ2) is 29.1. The second-order valence-electron chi connectivity index (χ2n) is 12.5. The third-order valence-corrected chi connectivity index (χ3v) is 7.97. The van der Waals surface area contributed by atoms with E-state index in [2.05, 4.69) is 79.9 Å². The van der Waals surface area contributed by atoms with Gasteiger partial charge in [-0.1, -0.05) is 119 Å². The standard InChI is InChI=1S/C37H65N2O6P/c1-6-8-10-12-13-14-15-16-17-18-19-20-21-22-23-24-25-27-29-31-37(41)38-35(36(40)30-28-26-11-9-7-2)34-45-46(42,43)44-33-32-39(3,4)5/h8,10,13-14,16-17,19-20,22-23,25,27,35-36,40H,6-7,9,11-12,15,18,21,24,26,28-34H2,1-5H3,(H-,38,41,42,43)/p+1/b10-8-,14-13-,17-16-,20-19-,23-22-,27-25-. The number of rotatable bonds is 29. The Balaban J connectivity index is 4.49. The quantitative estimate of drug-likeness (QED) is 0.0320. The van der Waals surface area contributed by atoms with Crippen LogP contribution in [-0.2, 0) is 18.4 Å². The minimum absolute atomic E-state index is 0.0558. The summed E-state index contributed by atoms with van der Waals surface area (Å²) in [5.41, 5.74) is 0. The monoisotopic (exact) mass is 665 g/mol. The van der Waals surface area contributed by atoms with Gasteiger partial charge in [0, 0.05) is 6.42 Å². The van der Waals surface area contributed by atoms with Crippen LogP contribution in [0.1, 0.15) is 104 Å². The number of nitrogens with one attached hydrogen (secondary N) is 1. The number of hydrogen-bond acceptors (Lipinski definition) is 5. The Kier molecular flexibility index (Phi) is 27.8. The van der Waals surface area contributed by atoms with Crippen LogP contribution in [-0.4, -0.2) is 73.4 Å². The smallest absolute Gasteiger partial charge is 0.391 e. The number of hydrogen-bond donors (Lipinski definition) is 3. The molecule has 0 radical (unpaired) electrons. The second-order valence-corrected chi connectivity index (χ2v) is 14.0. The molecule has 0 aromatic rings. The van der Waals surface area contributed by atoms with Crippen LogP contribution in [0.5, 0.6) is 0 Å². The predicted molar refractivity (Wildman–Crippen MR) is 193 cm³/mol. The van der Waals surface area contributed by atoms with Crippen molar-refractivity contribution in [1.29, 1.82) is 0 Å². The number of allylic oxidation sites excluding steroid dienone is 12. The molecule has 8 nitrogen and oxygen atoms in total. The van der Waals surface area contributed by atoms with Crippen molar-refractivity contribution in [3.05, 3.63) is 72.9 Å². The van der Waals surface area contributed by atoms with Gasteiger partial charge in [-0.15, -0.1) is 0 Å². The third-order valence-electron chi connectivity index (χ3n) is 6.98. The molecular formula is C37H66N2O6P+. The van der Waals surface area contributed by atoms with Crippen molar-refractivity contribution in [3.63, 3.8) is 0 Å². The fourth-order valence-corrected chi connectivity index (χ4v) is 4.92. The molecule has 0 rings (SSSR count). The molecular weight excluding hydrogens is 599 g/mol. The average Bonchev–Trinajstić information content (AvgIpc) is 2.99. The zero-order valence-electron chi connectivity index (χ0n) is 29.5. The van der Waals surface area contributed by atoms with Gasteiger partial charge < -0.3 is 19.8 Å². The van der Waals surface area contributed by atoms with E-state index in [4.69, 9.17) is 9.05 Å². The molecule has 0 spiro atoms. The van der Waals surface area contributed by atoms with Gasteiger partial charge in [-0.05, 0) is 51.4 Å². The first-order valence-corrected chi connectivity index (χ1v) is 18.8. The number of amides is 1. The number of aliphatic hydroxyl groups is 1. The van der Waals surface area contributed by atoms with Crippen molar-refractivity contribution in [2.75, 3.05) is 40.9 Å². The van der Waals surface area contributed by atoms with E-state index in [-0.39, 0.29) is 25.5 Å². The first-order chi connectivity index (χ1) is 22.0. The van der Waals surface area contributed by atoms with Crippen molar-refractivity contribution in [2.24, 2.45) is 0 Å². The Bertz CT molecular complexity index is 981. The molecule has 9 heteroatoms. The molecule has 0 aromatic carbocycles. The molecule has 3 N–H and O–H groups in total. The molecule has 0 bridgehead atoms. The van der Waals surface area contributed by atoms with E-state index >= 15 is 0 Å². The van der Waals surface area contributed by atoms with Gasteiger partial charge in [0.05, 0.1) is 39.9 Å². The van der Waals surface area contributed by atoms with E-state index in [0.717, 1.165) is 70.6 Å². The maximum Gasteiger partial charge on any atom is 0.472 e. The minimum Gasteiger partial charge on any atom is -0.391 e. The number of carbonyl (C=O) groups is 1. The molecule has 0 aliphatic heterocycles. The highest BCUT2D eigenvalue weighted by atomic mass is 31.2. The molecule has 0 aliphatic rings. The van der Waals surface area contributed by atoms with Crippen molar-refractivity contribution in [3.8, 4) is 0 Å². The highest BCUT2D eigenvalue weighted by molar-refractivity contribution is 7.47. The molecule has 46 heavy (non-hydrogen) atoms. The first kappa shape index (κ1) is 43.9. The van der Waals surface area contributed by atoms with Crippen LogP contribution in [0.4, 0.5) is 0 Å². The molecule has 1 amide bonds. The Labute approximate surface area is 281 Å². The highest BCUT2D eigenvalue weighted by Gasteiger charge is 2.28. The van der Waals surface area contributed by atoms with Crippen LogP contribution in [0.25, 0.3) is 0 Å². The molecule has 0 aromatic heterocycles. The van der Waals surface area contributed by atoms with Crippen molar-refractivity contribution < 1.29 is 32.9 Å². The Morgan fingerprint density at radius 3 is 1.76 bits per heavy atom. The lowest BCUT2D eigenvalue weighted by Crippen LogP contribution is -2.46. The number of unbranched alkanes of at least 4 members (excludes halogenated alkanes) is 4. The summed E-state index contributed by atoms with van der Waals surface area (Å²) in [6, 6.07) is -0.800. The lowest BCUT2D eigenvalue weighted by atomic mass is 10.0. The summed E-state index contributed by atoms with van der Waals surface area (Å²) in [4.78, 5) is 22.8. The van der Waals surface area contributed by atoms with E-state index in [1.54, 1.807) is 0 Å². The van der Waals surface area contributed by atoms with Crippen molar-refractivity contribution in [1.82, 2.24) is 5.32 Å². The number of quaternary nitrogens is 1. The summed E-state index contributed by atoms with van der Waals surface area (Å²) in [6.45, 7) is 4.57. The van der Waals surface area contributed by atoms with Gasteiger partial charge >= 0.3 is 7.82 Å². The summed E-state index contributed by atoms with van der Waals surface area (Å²) < 4.78 is 23.3. The molecule has 0 heterocycles. The van der Waals surface area contributed by atoms with E-state index in [0.29, 0.717) is 23.9 Å². The zero-order valence-corrected chi connectivity index (χ0v) is 30.4. The maximum absolute atomic E-state index is 12.7. The van der Waals surface area contributed by atoms with E-state index in [9.17, 15) is 19.4 Å². The number of likely N-dealkylation sites (N-methyl/N-ethyl adjacent to an activating group) is 1. The van der Waals surface area contributed by atoms with Gasteiger partial charge in [-0.3, -0.25) is 13.8 Å². The summed E-state index contributed by atoms with van der Waals surface area (Å²) in [6.07, 6.45) is 37.0. The van der Waals surface area contributed by atoms with E-state index in [1.807, 2.05) is 33.3 Å². The summed E-state index contributed by atoms with van der Waals surface area (Å²) in [5.74, 6) is -0.239. The van der Waals surface area contributed by atoms with Gasteiger partial charge in [-0.2, -0.15) is 0 Å². The number of phosphoric acid groups is 1. The Morgan fingerprint density at radius 2 is 1.26 bits per heavy atom. The van der Waals surface area contributed by atoms with Crippen LogP contribution >= 0.6 is 7.82 Å². The SMILES string of the molecule is CC/C=C\C/C=C\C/C=C\C/C=C\C/C=C\C/C=C\CCC(=O)NC(COP(=O)(O)OCC[N+](C)(C)C)C(O)CCCCCCC. The fourth-order valence-electron chi connectivity index (χ4n) is 4.18. The topological polar surface area (TPSA) is 105 Å². The lowest BCUT2D eigenvalue weighted by molar-refractivity contribution is -0.870. The van der Waals surface area contributed by atoms with Gasteiger partial charge in [0.2, 0.25) is 5.91 Å². The molecule has 3 unspecified atom stereocenters. The summed E-state index contributed by atoms with van der Waals surface area (Å²) in [5, 5.41) is 13.6. The molecule has 0 aliphatic carbocycles. The normalized spacial score (nSPS) is 15.7. The maximum atomic E-state index is 12.7. The van der Waals surface area contributed by atoms with Gasteiger partial charge in [0.25, 0.3) is 0 Å². The third kappa shape index (κ3) is 30.6. The zero-order chi connectivity index (χ0) is 34.4. The van der Waals surface area contributed by atoms with Crippen LogP contribution in [0.2, 0.25) is 0 Å². The van der Waals surface area contributed by atoms with Crippen LogP contribution in [0.15, 0.2) is 72.9 Å². The van der Waals surface area contributed by atoms with Crippen LogP contribution in [0.3, 0.4) is 0 Å². The number of nitrogens with zero attached hydrogens (tertiary/aromatic N) is 1. The Hall–Kier alpha value is -2.06. The van der Waals surface area contributed by atoms with Crippen LogP contribution in [0, 0.1) is 0 Å². The van der Waals surface area contributed by atoms with Crippen LogP contribution < -0.4 is 5.32 Å². The lowest BCUT2D eigenvalue weighted by Gasteiger charge is -2.26. The fraction of sp³-hybridized carbons (Fsp3) is 0.649. The van der Waals surface area contributed by atoms with E-state index < -0.39 is 20.0 Å². The predicted octanol–water partition coefficient (Wildman–Crippen LogP) is 8.51. The van der Waals surface area contributed by atoms with Crippen molar-refractivity contribution in [2.45, 2.75) is 116 Å². The van der Waals surface area contributed by atoms with Crippen molar-refractivity contribution >= 4 is 13.7 Å². The van der Waals surface area contributed by atoms with Gasteiger partial charge in [-0.25, -0.2) is 4.57 Å². The number of phosphoric ester groups is 1. The molecule has 0 fully saturated rings. The Morgan fingerprint density at radius 1 is 0.761 bits per heavy atom. The minimum atomic E-state index is -4.31. The summed E-state index contributed by atoms with van der Waals surface area (Å²) >= 11 is 0. The highest BCUT2D eigenvalue weighted by Crippen LogP contribution is 2.43. The molecule has 0 saturated carbocycles.